The summed E-state index contributed by atoms with van der Waals surface area (Å²) in [5.41, 5.74) is 0. The Morgan fingerprint density at radius 2 is 0.750 bits per heavy atom. The first-order chi connectivity index (χ1) is 35.0. The summed E-state index contributed by atoms with van der Waals surface area (Å²) in [6.45, 7) is 4.22. The Hall–Kier alpha value is -2.55. The second-order valence-corrected chi connectivity index (χ2v) is 22.4. The highest BCUT2D eigenvalue weighted by Gasteiger charge is 2.22. The normalized spacial score (nSPS) is 13.8. The predicted molar refractivity (Wildman–Crippen MR) is 305 cm³/mol. The SMILES string of the molecule is CCCCCCC/C=C\C/C=C\C/C=C\CCCCCCCCCCCCC(=O)OC(COC(=O)CCCCCCCCCC/C=C\C/C=C\C/C=C\CCCCCCC)COP(=O)([O-])OCC[N+](C)(C)C. The lowest BCUT2D eigenvalue weighted by Gasteiger charge is -2.28. The molecule has 2 unspecified atom stereocenters. The lowest BCUT2D eigenvalue weighted by atomic mass is 10.0. The Morgan fingerprint density at radius 3 is 1.11 bits per heavy atom. The van der Waals surface area contributed by atoms with Gasteiger partial charge in [-0.05, 0) is 89.9 Å². The minimum absolute atomic E-state index is 0.0357. The molecule has 0 fully saturated rings. The Morgan fingerprint density at radius 1 is 0.431 bits per heavy atom. The van der Waals surface area contributed by atoms with Crippen molar-refractivity contribution in [3.8, 4) is 0 Å². The fourth-order valence-corrected chi connectivity index (χ4v) is 8.81. The fraction of sp³-hybridized carbons (Fsp3) is 0.774. The molecule has 0 radical (unpaired) electrons. The monoisotopic (exact) mass is 1030 g/mol. The molecule has 0 rings (SSSR count). The number of carbonyl (C=O) groups excluding carboxylic acids is 2. The average Bonchev–Trinajstić information content (AvgIpc) is 3.34. The third-order valence-corrected chi connectivity index (χ3v) is 13.7. The van der Waals surface area contributed by atoms with Crippen molar-refractivity contribution >= 4 is 19.8 Å². The Labute approximate surface area is 444 Å². The van der Waals surface area contributed by atoms with Gasteiger partial charge in [0, 0.05) is 12.8 Å². The van der Waals surface area contributed by atoms with E-state index >= 15 is 0 Å². The molecule has 0 heterocycles. The third kappa shape index (κ3) is 56.7. The van der Waals surface area contributed by atoms with Crippen LogP contribution in [0.25, 0.3) is 0 Å². The summed E-state index contributed by atoms with van der Waals surface area (Å²) in [7, 11) is 1.16. The molecular weight excluding hydrogens is 918 g/mol. The van der Waals surface area contributed by atoms with Crippen molar-refractivity contribution < 1.29 is 42.1 Å². The van der Waals surface area contributed by atoms with E-state index in [1.807, 2.05) is 21.1 Å². The predicted octanol–water partition coefficient (Wildman–Crippen LogP) is 17.8. The van der Waals surface area contributed by atoms with Gasteiger partial charge in [0.1, 0.15) is 19.8 Å². The van der Waals surface area contributed by atoms with Crippen LogP contribution in [0.2, 0.25) is 0 Å². The van der Waals surface area contributed by atoms with Crippen LogP contribution in [0.15, 0.2) is 72.9 Å². The number of ether oxygens (including phenoxy) is 2. The summed E-state index contributed by atoms with van der Waals surface area (Å²) in [6.07, 6.45) is 69.4. The summed E-state index contributed by atoms with van der Waals surface area (Å²) in [5.74, 6) is -0.844. The molecule has 0 aliphatic carbocycles. The number of allylic oxidation sites excluding steroid dienone is 12. The van der Waals surface area contributed by atoms with Crippen LogP contribution in [0.5, 0.6) is 0 Å². The maximum Gasteiger partial charge on any atom is 0.306 e. The van der Waals surface area contributed by atoms with Crippen LogP contribution >= 0.6 is 7.82 Å². The summed E-state index contributed by atoms with van der Waals surface area (Å²) in [5, 5.41) is 0. The minimum atomic E-state index is -4.64. The zero-order chi connectivity index (χ0) is 52.7. The van der Waals surface area contributed by atoms with E-state index in [1.165, 1.54) is 141 Å². The molecule has 2 atom stereocenters. The van der Waals surface area contributed by atoms with Crippen LogP contribution < -0.4 is 4.89 Å². The second kappa shape index (κ2) is 53.3. The van der Waals surface area contributed by atoms with E-state index in [9.17, 15) is 19.0 Å². The molecule has 0 aromatic rings. The largest absolute Gasteiger partial charge is 0.756 e. The molecule has 0 saturated heterocycles. The standard InChI is InChI=1S/C62H112NO8P/c1-6-8-10-12-14-16-18-20-22-24-26-28-30-31-33-35-37-39-41-43-45-47-49-51-53-55-62(65)71-60(59-70-72(66,67)69-57-56-63(3,4)5)58-68-61(64)54-52-50-48-46-44-42-40-38-36-34-32-29-27-25-23-21-19-17-15-13-11-9-7-2/h18-21,24-27,30-32,34,60H,6-17,22-23,28-29,33,35-59H2,1-5H3/b20-18-,21-19-,26-24-,27-25-,31-30-,34-32-. The molecule has 9 nitrogen and oxygen atoms in total. The van der Waals surface area contributed by atoms with Gasteiger partial charge < -0.3 is 27.9 Å². The molecule has 0 spiro atoms. The van der Waals surface area contributed by atoms with Gasteiger partial charge in [-0.2, -0.15) is 0 Å². The van der Waals surface area contributed by atoms with Crippen molar-refractivity contribution in [2.45, 2.75) is 264 Å². The molecule has 0 aliphatic heterocycles. The molecular formula is C62H112NO8P. The van der Waals surface area contributed by atoms with Gasteiger partial charge in [0.2, 0.25) is 0 Å². The third-order valence-electron chi connectivity index (χ3n) is 12.7. The minimum Gasteiger partial charge on any atom is -0.756 e. The van der Waals surface area contributed by atoms with E-state index < -0.39 is 32.5 Å². The molecule has 418 valence electrons. The summed E-state index contributed by atoms with van der Waals surface area (Å²) < 4.78 is 34.2. The van der Waals surface area contributed by atoms with Crippen molar-refractivity contribution in [3.63, 3.8) is 0 Å². The molecule has 0 aliphatic rings. The highest BCUT2D eigenvalue weighted by atomic mass is 31.2. The molecule has 0 aromatic heterocycles. The second-order valence-electron chi connectivity index (χ2n) is 21.0. The number of phosphoric ester groups is 1. The zero-order valence-electron chi connectivity index (χ0n) is 47.4. The van der Waals surface area contributed by atoms with E-state index in [4.69, 9.17) is 18.5 Å². The van der Waals surface area contributed by atoms with Crippen molar-refractivity contribution in [1.29, 1.82) is 0 Å². The molecule has 0 saturated carbocycles. The molecule has 0 amide bonds. The number of hydrogen-bond acceptors (Lipinski definition) is 8. The summed E-state index contributed by atoms with van der Waals surface area (Å²) in [6, 6.07) is 0. The van der Waals surface area contributed by atoms with Gasteiger partial charge in [-0.3, -0.25) is 14.2 Å². The van der Waals surface area contributed by atoms with E-state index in [-0.39, 0.29) is 26.1 Å². The maximum absolute atomic E-state index is 12.8. The van der Waals surface area contributed by atoms with Crippen LogP contribution in [0, 0.1) is 0 Å². The first-order valence-electron chi connectivity index (χ1n) is 29.6. The van der Waals surface area contributed by atoms with Gasteiger partial charge in [-0.15, -0.1) is 0 Å². The number of quaternary nitrogens is 1. The number of unbranched alkanes of at least 4 members (excludes halogenated alkanes) is 28. The Balaban J connectivity index is 4.20. The average molecular weight is 1030 g/mol. The lowest BCUT2D eigenvalue weighted by Crippen LogP contribution is -2.37. The van der Waals surface area contributed by atoms with Gasteiger partial charge in [-0.1, -0.05) is 228 Å². The van der Waals surface area contributed by atoms with E-state index in [2.05, 4.69) is 86.8 Å². The molecule has 0 aromatic carbocycles. The number of likely N-dealkylation sites (N-methyl/N-ethyl adjacent to an activating group) is 1. The van der Waals surface area contributed by atoms with Crippen LogP contribution in [0.4, 0.5) is 0 Å². The first kappa shape index (κ1) is 69.5. The maximum atomic E-state index is 12.8. The lowest BCUT2D eigenvalue weighted by molar-refractivity contribution is -0.870. The number of esters is 2. The van der Waals surface area contributed by atoms with E-state index in [0.717, 1.165) is 83.5 Å². The summed E-state index contributed by atoms with van der Waals surface area (Å²) >= 11 is 0. The van der Waals surface area contributed by atoms with E-state index in [1.54, 1.807) is 0 Å². The highest BCUT2D eigenvalue weighted by molar-refractivity contribution is 7.45. The van der Waals surface area contributed by atoms with E-state index in [0.29, 0.717) is 17.4 Å². The van der Waals surface area contributed by atoms with Gasteiger partial charge in [0.05, 0.1) is 27.7 Å². The van der Waals surface area contributed by atoms with Crippen LogP contribution in [-0.4, -0.2) is 70.0 Å². The first-order valence-corrected chi connectivity index (χ1v) is 31.1. The molecule has 10 heteroatoms. The quantitative estimate of drug-likeness (QED) is 0.0195. The van der Waals surface area contributed by atoms with Gasteiger partial charge in [0.25, 0.3) is 7.82 Å². The number of nitrogens with zero attached hydrogens (tertiary/aromatic N) is 1. The van der Waals surface area contributed by atoms with Crippen molar-refractivity contribution in [1.82, 2.24) is 0 Å². The van der Waals surface area contributed by atoms with Gasteiger partial charge >= 0.3 is 11.9 Å². The van der Waals surface area contributed by atoms with Gasteiger partial charge in [0.15, 0.2) is 6.10 Å². The zero-order valence-corrected chi connectivity index (χ0v) is 48.3. The van der Waals surface area contributed by atoms with Crippen molar-refractivity contribution in [2.24, 2.45) is 0 Å². The smallest absolute Gasteiger partial charge is 0.306 e. The number of hydrogen-bond donors (Lipinski definition) is 0. The molecule has 72 heavy (non-hydrogen) atoms. The Bertz CT molecular complexity index is 1450. The Kier molecular flexibility index (Phi) is 51.4. The highest BCUT2D eigenvalue weighted by Crippen LogP contribution is 2.38. The fourth-order valence-electron chi connectivity index (χ4n) is 8.08. The number of phosphoric acid groups is 1. The number of rotatable bonds is 54. The molecule has 0 bridgehead atoms. The number of carbonyl (C=O) groups is 2. The van der Waals surface area contributed by atoms with Crippen molar-refractivity contribution in [2.75, 3.05) is 47.5 Å². The van der Waals surface area contributed by atoms with Crippen molar-refractivity contribution in [3.05, 3.63) is 72.9 Å². The topological polar surface area (TPSA) is 111 Å². The van der Waals surface area contributed by atoms with Crippen LogP contribution in [0.3, 0.4) is 0 Å². The van der Waals surface area contributed by atoms with Crippen LogP contribution in [0.1, 0.15) is 258 Å². The van der Waals surface area contributed by atoms with Crippen LogP contribution in [-0.2, 0) is 32.7 Å². The summed E-state index contributed by atoms with van der Waals surface area (Å²) in [4.78, 5) is 37.9. The van der Waals surface area contributed by atoms with Gasteiger partial charge in [-0.25, -0.2) is 0 Å². The molecule has 0 N–H and O–H groups in total.